The Morgan fingerprint density at radius 3 is 2.94 bits per heavy atom. The van der Waals surface area contributed by atoms with Crippen LogP contribution in [0.3, 0.4) is 0 Å². The van der Waals surface area contributed by atoms with Crippen LogP contribution < -0.4 is 16.6 Å². The minimum absolute atomic E-state index is 0.0408. The summed E-state index contributed by atoms with van der Waals surface area (Å²) in [6, 6.07) is 7.12. The number of carbonyl (C=O) groups is 2. The monoisotopic (exact) mass is 468 g/mol. The summed E-state index contributed by atoms with van der Waals surface area (Å²) >= 11 is 2.61. The molecule has 0 aliphatic heterocycles. The zero-order chi connectivity index (χ0) is 22.8. The third-order valence-electron chi connectivity index (χ3n) is 5.48. The third kappa shape index (κ3) is 4.35. The fourth-order valence-electron chi connectivity index (χ4n) is 3.94. The molecular weight excluding hydrogens is 444 g/mol. The van der Waals surface area contributed by atoms with E-state index in [-0.39, 0.29) is 17.2 Å². The lowest BCUT2D eigenvalue weighted by Crippen LogP contribution is -2.24. The maximum Gasteiger partial charge on any atom is 0.262 e. The lowest BCUT2D eigenvalue weighted by molar-refractivity contribution is -0.113. The van der Waals surface area contributed by atoms with Gasteiger partial charge in [-0.15, -0.1) is 17.9 Å². The van der Waals surface area contributed by atoms with Gasteiger partial charge >= 0.3 is 0 Å². The average molecular weight is 469 g/mol. The SMILES string of the molecule is C=CCn1c(SCC(=O)Nc2sc3c(c2C(N)=O)CCC(C)C3)nc2ccccc2c1=O. The summed E-state index contributed by atoms with van der Waals surface area (Å²) in [5.74, 6) is -0.215. The number of thiophene rings is 1. The molecule has 0 bridgehead atoms. The van der Waals surface area contributed by atoms with E-state index in [0.29, 0.717) is 39.1 Å². The van der Waals surface area contributed by atoms with Gasteiger partial charge in [0.25, 0.3) is 11.5 Å². The first-order valence-corrected chi connectivity index (χ1v) is 12.2. The lowest BCUT2D eigenvalue weighted by Gasteiger charge is -2.18. The molecule has 2 aromatic heterocycles. The molecule has 1 aliphatic carbocycles. The van der Waals surface area contributed by atoms with Gasteiger partial charge in [0.2, 0.25) is 5.91 Å². The van der Waals surface area contributed by atoms with Crippen molar-refractivity contribution in [3.05, 3.63) is 63.3 Å². The number of hydrogen-bond acceptors (Lipinski definition) is 6. The molecule has 1 aromatic carbocycles. The predicted molar refractivity (Wildman–Crippen MR) is 130 cm³/mol. The number of thioether (sulfide) groups is 1. The van der Waals surface area contributed by atoms with Crippen molar-refractivity contribution in [2.24, 2.45) is 11.7 Å². The molecule has 1 atom stereocenters. The van der Waals surface area contributed by atoms with E-state index in [9.17, 15) is 14.4 Å². The number of aromatic nitrogens is 2. The molecule has 0 fully saturated rings. The maximum absolute atomic E-state index is 12.8. The summed E-state index contributed by atoms with van der Waals surface area (Å²) in [7, 11) is 0. The van der Waals surface area contributed by atoms with Crippen molar-refractivity contribution < 1.29 is 9.59 Å². The number of nitrogens with one attached hydrogen (secondary N) is 1. The van der Waals surface area contributed by atoms with Crippen LogP contribution in [0.15, 0.2) is 46.9 Å². The second-order valence-electron chi connectivity index (χ2n) is 7.87. The second kappa shape index (κ2) is 9.30. The Labute approximate surface area is 193 Å². The number of benzene rings is 1. The summed E-state index contributed by atoms with van der Waals surface area (Å²) in [4.78, 5) is 43.4. The highest BCUT2D eigenvalue weighted by molar-refractivity contribution is 7.99. The number of anilines is 1. The van der Waals surface area contributed by atoms with Crippen molar-refractivity contribution in [1.29, 1.82) is 0 Å². The summed E-state index contributed by atoms with van der Waals surface area (Å²) < 4.78 is 1.51. The number of fused-ring (bicyclic) bond motifs is 2. The van der Waals surface area contributed by atoms with Crippen molar-refractivity contribution in [1.82, 2.24) is 9.55 Å². The Morgan fingerprint density at radius 2 is 2.19 bits per heavy atom. The number of carbonyl (C=O) groups excluding carboxylic acids is 2. The van der Waals surface area contributed by atoms with Crippen LogP contribution in [0.1, 0.15) is 34.1 Å². The molecule has 0 spiro atoms. The largest absolute Gasteiger partial charge is 0.365 e. The van der Waals surface area contributed by atoms with Crippen LogP contribution in [0.25, 0.3) is 10.9 Å². The Balaban J connectivity index is 1.56. The van der Waals surface area contributed by atoms with Gasteiger partial charge in [-0.2, -0.15) is 0 Å². The lowest BCUT2D eigenvalue weighted by atomic mass is 9.88. The predicted octanol–water partition coefficient (Wildman–Crippen LogP) is 3.60. The molecular formula is C23H24N4O3S2. The van der Waals surface area contributed by atoms with Gasteiger partial charge < -0.3 is 11.1 Å². The van der Waals surface area contributed by atoms with E-state index in [1.165, 1.54) is 27.7 Å². The highest BCUT2D eigenvalue weighted by atomic mass is 32.2. The van der Waals surface area contributed by atoms with Gasteiger partial charge in [-0.1, -0.05) is 36.9 Å². The quantitative estimate of drug-likeness (QED) is 0.313. The van der Waals surface area contributed by atoms with E-state index < -0.39 is 5.91 Å². The highest BCUT2D eigenvalue weighted by Gasteiger charge is 2.27. The number of amides is 2. The van der Waals surface area contributed by atoms with Crippen LogP contribution in [0.4, 0.5) is 5.00 Å². The smallest absolute Gasteiger partial charge is 0.262 e. The van der Waals surface area contributed by atoms with E-state index in [1.807, 2.05) is 6.07 Å². The van der Waals surface area contributed by atoms with Crippen molar-refractivity contribution in [3.63, 3.8) is 0 Å². The van der Waals surface area contributed by atoms with E-state index in [4.69, 9.17) is 5.73 Å². The van der Waals surface area contributed by atoms with Crippen molar-refractivity contribution >= 4 is 50.8 Å². The zero-order valence-corrected chi connectivity index (χ0v) is 19.4. The number of nitrogens with zero attached hydrogens (tertiary/aromatic N) is 2. The second-order valence-corrected chi connectivity index (χ2v) is 9.92. The van der Waals surface area contributed by atoms with Crippen LogP contribution in [0.2, 0.25) is 0 Å². The van der Waals surface area contributed by atoms with E-state index in [2.05, 4.69) is 23.8 Å². The van der Waals surface area contributed by atoms with Crippen LogP contribution in [-0.2, 0) is 24.2 Å². The number of rotatable bonds is 7. The van der Waals surface area contributed by atoms with Gasteiger partial charge in [0.1, 0.15) is 5.00 Å². The fourth-order valence-corrected chi connectivity index (χ4v) is 6.18. The minimum atomic E-state index is -0.518. The number of primary amides is 1. The Morgan fingerprint density at radius 1 is 1.41 bits per heavy atom. The summed E-state index contributed by atoms with van der Waals surface area (Å²) in [5, 5.41) is 4.33. The maximum atomic E-state index is 12.8. The molecule has 2 amide bonds. The van der Waals surface area contributed by atoms with Gasteiger partial charge in [0.05, 0.1) is 22.2 Å². The van der Waals surface area contributed by atoms with Gasteiger partial charge in [-0.05, 0) is 42.9 Å². The highest BCUT2D eigenvalue weighted by Crippen LogP contribution is 2.39. The minimum Gasteiger partial charge on any atom is -0.365 e. The molecule has 3 N–H and O–H groups in total. The normalized spacial score (nSPS) is 15.3. The van der Waals surface area contributed by atoms with Gasteiger partial charge in [-0.25, -0.2) is 4.98 Å². The van der Waals surface area contributed by atoms with Crippen molar-refractivity contribution in [2.45, 2.75) is 37.9 Å². The summed E-state index contributed by atoms with van der Waals surface area (Å²) in [6.45, 7) is 6.19. The molecule has 0 saturated heterocycles. The van der Waals surface area contributed by atoms with Gasteiger partial charge in [0, 0.05) is 11.4 Å². The Kier molecular flexibility index (Phi) is 6.48. The molecule has 4 rings (SSSR count). The van der Waals surface area contributed by atoms with E-state index >= 15 is 0 Å². The molecule has 3 aromatic rings. The molecule has 7 nitrogen and oxygen atoms in total. The summed E-state index contributed by atoms with van der Waals surface area (Å²) in [6.07, 6.45) is 4.31. The molecule has 0 saturated carbocycles. The first kappa shape index (κ1) is 22.3. The number of allylic oxidation sites excluding steroid dienone is 1. The van der Waals surface area contributed by atoms with Crippen LogP contribution in [-0.4, -0.2) is 27.1 Å². The van der Waals surface area contributed by atoms with Crippen LogP contribution in [0, 0.1) is 5.92 Å². The standard InChI is InChI=1S/C23H24N4O3S2/c1-3-10-27-22(30)14-6-4-5-7-16(14)25-23(27)31-12-18(28)26-21-19(20(24)29)15-9-8-13(2)11-17(15)32-21/h3-7,13H,1,8-12H2,2H3,(H2,24,29)(H,26,28). The van der Waals surface area contributed by atoms with E-state index in [0.717, 1.165) is 29.7 Å². The van der Waals surface area contributed by atoms with E-state index in [1.54, 1.807) is 24.3 Å². The fraction of sp³-hybridized carbons (Fsp3) is 0.304. The van der Waals surface area contributed by atoms with Crippen molar-refractivity contribution in [3.8, 4) is 0 Å². The molecule has 32 heavy (non-hydrogen) atoms. The third-order valence-corrected chi connectivity index (χ3v) is 7.63. The molecule has 9 heteroatoms. The van der Waals surface area contributed by atoms with Gasteiger partial charge in [-0.3, -0.25) is 19.0 Å². The zero-order valence-electron chi connectivity index (χ0n) is 17.7. The van der Waals surface area contributed by atoms with Crippen LogP contribution >= 0.6 is 23.1 Å². The first-order valence-electron chi connectivity index (χ1n) is 10.4. The van der Waals surface area contributed by atoms with Gasteiger partial charge in [0.15, 0.2) is 5.16 Å². The Bertz CT molecular complexity index is 1280. The Hall–Kier alpha value is -2.91. The molecule has 1 unspecified atom stereocenters. The first-order chi connectivity index (χ1) is 15.4. The molecule has 2 heterocycles. The molecule has 1 aliphatic rings. The number of hydrogen-bond donors (Lipinski definition) is 2. The van der Waals surface area contributed by atoms with Crippen molar-refractivity contribution in [2.75, 3.05) is 11.1 Å². The molecule has 0 radical (unpaired) electrons. The summed E-state index contributed by atoms with van der Waals surface area (Å²) in [5.41, 5.74) is 7.45. The number of nitrogens with two attached hydrogens (primary N) is 1. The van der Waals surface area contributed by atoms with Crippen LogP contribution in [0.5, 0.6) is 0 Å². The number of para-hydroxylation sites is 1. The average Bonchev–Trinajstić information content (AvgIpc) is 3.11. The topological polar surface area (TPSA) is 107 Å². The molecule has 166 valence electrons.